The number of hydrogen-bond donors (Lipinski definition) is 2. The van der Waals surface area contributed by atoms with Crippen LogP contribution < -0.4 is 10.6 Å². The van der Waals surface area contributed by atoms with Crippen molar-refractivity contribution in [2.45, 2.75) is 38.6 Å². The van der Waals surface area contributed by atoms with E-state index in [1.807, 2.05) is 6.92 Å². The van der Waals surface area contributed by atoms with Gasteiger partial charge in [0.1, 0.15) is 6.04 Å². The van der Waals surface area contributed by atoms with Gasteiger partial charge in [-0.25, -0.2) is 0 Å². The molecule has 2 rings (SSSR count). The van der Waals surface area contributed by atoms with Crippen molar-refractivity contribution in [2.24, 2.45) is 5.92 Å². The topological polar surface area (TPSA) is 61.4 Å². The molecule has 2 aliphatic heterocycles. The second-order valence-electron chi connectivity index (χ2n) is 5.52. The molecule has 0 aromatic heterocycles. The van der Waals surface area contributed by atoms with Gasteiger partial charge in [0.15, 0.2) is 0 Å². The van der Waals surface area contributed by atoms with Crippen LogP contribution >= 0.6 is 11.8 Å². The lowest BCUT2D eigenvalue weighted by atomic mass is 9.96. The monoisotopic (exact) mass is 299 g/mol. The van der Waals surface area contributed by atoms with Crippen LogP contribution in [0.4, 0.5) is 0 Å². The summed E-state index contributed by atoms with van der Waals surface area (Å²) in [5, 5.41) is 6.40. The van der Waals surface area contributed by atoms with Crippen LogP contribution in [0.3, 0.4) is 0 Å². The van der Waals surface area contributed by atoms with Crippen molar-refractivity contribution in [1.29, 1.82) is 0 Å². The molecule has 2 fully saturated rings. The molecule has 2 aliphatic rings. The Bertz CT molecular complexity index is 345. The van der Waals surface area contributed by atoms with Crippen molar-refractivity contribution in [2.75, 3.05) is 31.3 Å². The fraction of sp³-hybridized carbons (Fsp3) is 0.857. The van der Waals surface area contributed by atoms with Crippen LogP contribution in [0.5, 0.6) is 0 Å². The predicted molar refractivity (Wildman–Crippen MR) is 81.5 cm³/mol. The minimum Gasteiger partial charge on any atom is -0.354 e. The van der Waals surface area contributed by atoms with Crippen LogP contribution in [0.2, 0.25) is 0 Å². The Morgan fingerprint density at radius 2 is 2.30 bits per heavy atom. The molecule has 0 bridgehead atoms. The number of thioether (sulfide) groups is 1. The normalized spacial score (nSPS) is 26.6. The summed E-state index contributed by atoms with van der Waals surface area (Å²) in [6.07, 6.45) is 3.98. The third kappa shape index (κ3) is 4.12. The fourth-order valence-corrected chi connectivity index (χ4v) is 3.98. The summed E-state index contributed by atoms with van der Waals surface area (Å²) in [7, 11) is 0. The average molecular weight is 299 g/mol. The Morgan fingerprint density at radius 1 is 1.45 bits per heavy atom. The zero-order valence-corrected chi connectivity index (χ0v) is 13.0. The number of rotatable bonds is 5. The van der Waals surface area contributed by atoms with E-state index in [1.165, 1.54) is 12.8 Å². The molecular weight excluding hydrogens is 274 g/mol. The van der Waals surface area contributed by atoms with Gasteiger partial charge in [-0.3, -0.25) is 9.59 Å². The summed E-state index contributed by atoms with van der Waals surface area (Å²) in [6, 6.07) is -0.267. The van der Waals surface area contributed by atoms with Gasteiger partial charge in [-0.05, 0) is 38.3 Å². The molecule has 2 heterocycles. The summed E-state index contributed by atoms with van der Waals surface area (Å²) in [6.45, 7) is 4.75. The lowest BCUT2D eigenvalue weighted by Crippen LogP contribution is -2.47. The average Bonchev–Trinajstić information content (AvgIpc) is 2.97. The molecule has 0 aromatic carbocycles. The molecule has 0 spiro atoms. The molecule has 2 N–H and O–H groups in total. The first kappa shape index (κ1) is 15.6. The van der Waals surface area contributed by atoms with Crippen LogP contribution in [0, 0.1) is 5.92 Å². The minimum absolute atomic E-state index is 0.0144. The summed E-state index contributed by atoms with van der Waals surface area (Å²) < 4.78 is 0. The van der Waals surface area contributed by atoms with Gasteiger partial charge in [-0.1, -0.05) is 6.92 Å². The molecule has 2 unspecified atom stereocenters. The zero-order chi connectivity index (χ0) is 14.4. The number of nitrogens with one attached hydrogen (secondary N) is 2. The summed E-state index contributed by atoms with van der Waals surface area (Å²) >= 11 is 1.66. The maximum atomic E-state index is 12.2. The molecule has 0 aliphatic carbocycles. The summed E-state index contributed by atoms with van der Waals surface area (Å²) in [5.41, 5.74) is 0. The van der Waals surface area contributed by atoms with E-state index in [1.54, 1.807) is 16.7 Å². The van der Waals surface area contributed by atoms with E-state index >= 15 is 0 Å². The SMILES string of the molecule is CCC(=O)N1CSCC1C(=O)NCCC1CCCNC1. The second kappa shape index (κ2) is 7.88. The van der Waals surface area contributed by atoms with Crippen LogP contribution in [-0.2, 0) is 9.59 Å². The van der Waals surface area contributed by atoms with Gasteiger partial charge in [0.2, 0.25) is 11.8 Å². The third-order valence-corrected chi connectivity index (χ3v) is 5.07. The molecule has 2 saturated heterocycles. The van der Waals surface area contributed by atoms with Crippen molar-refractivity contribution in [3.8, 4) is 0 Å². The minimum atomic E-state index is -0.267. The van der Waals surface area contributed by atoms with Gasteiger partial charge in [0.05, 0.1) is 5.88 Å². The van der Waals surface area contributed by atoms with Crippen molar-refractivity contribution in [1.82, 2.24) is 15.5 Å². The van der Waals surface area contributed by atoms with E-state index in [0.29, 0.717) is 18.2 Å². The smallest absolute Gasteiger partial charge is 0.243 e. The fourth-order valence-electron chi connectivity index (χ4n) is 2.80. The number of piperidine rings is 1. The van der Waals surface area contributed by atoms with Gasteiger partial charge in [-0.15, -0.1) is 11.8 Å². The Kier molecular flexibility index (Phi) is 6.16. The number of amides is 2. The second-order valence-corrected chi connectivity index (χ2v) is 6.52. The van der Waals surface area contributed by atoms with Crippen molar-refractivity contribution < 1.29 is 9.59 Å². The van der Waals surface area contributed by atoms with E-state index in [-0.39, 0.29) is 17.9 Å². The highest BCUT2D eigenvalue weighted by Crippen LogP contribution is 2.22. The van der Waals surface area contributed by atoms with Gasteiger partial charge in [0.25, 0.3) is 0 Å². The molecule has 0 saturated carbocycles. The maximum Gasteiger partial charge on any atom is 0.243 e. The first-order valence-corrected chi connectivity index (χ1v) is 8.73. The van der Waals surface area contributed by atoms with Gasteiger partial charge in [-0.2, -0.15) is 0 Å². The zero-order valence-electron chi connectivity index (χ0n) is 12.2. The molecular formula is C14H25N3O2S. The van der Waals surface area contributed by atoms with E-state index < -0.39 is 0 Å². The van der Waals surface area contributed by atoms with Crippen molar-refractivity contribution in [3.05, 3.63) is 0 Å². The first-order valence-electron chi connectivity index (χ1n) is 7.58. The van der Waals surface area contributed by atoms with Crippen LogP contribution in [0.1, 0.15) is 32.6 Å². The lowest BCUT2D eigenvalue weighted by molar-refractivity contribution is -0.137. The maximum absolute atomic E-state index is 12.2. The quantitative estimate of drug-likeness (QED) is 0.788. The molecule has 114 valence electrons. The van der Waals surface area contributed by atoms with Crippen molar-refractivity contribution in [3.63, 3.8) is 0 Å². The van der Waals surface area contributed by atoms with E-state index in [0.717, 1.165) is 31.8 Å². The number of nitrogens with zero attached hydrogens (tertiary/aromatic N) is 1. The highest BCUT2D eigenvalue weighted by atomic mass is 32.2. The molecule has 0 radical (unpaired) electrons. The number of hydrogen-bond acceptors (Lipinski definition) is 4. The summed E-state index contributed by atoms with van der Waals surface area (Å²) in [5.74, 6) is 2.14. The van der Waals surface area contributed by atoms with Crippen LogP contribution in [-0.4, -0.2) is 54.0 Å². The molecule has 20 heavy (non-hydrogen) atoms. The Labute approximate surface area is 125 Å². The Hall–Kier alpha value is -0.750. The molecule has 0 aromatic rings. The Balaban J connectivity index is 1.72. The van der Waals surface area contributed by atoms with E-state index in [2.05, 4.69) is 10.6 Å². The van der Waals surface area contributed by atoms with Crippen molar-refractivity contribution >= 4 is 23.6 Å². The van der Waals surface area contributed by atoms with E-state index in [9.17, 15) is 9.59 Å². The predicted octanol–water partition coefficient (Wildman–Crippen LogP) is 0.804. The molecule has 2 amide bonds. The van der Waals surface area contributed by atoms with Gasteiger partial charge >= 0.3 is 0 Å². The Morgan fingerprint density at radius 3 is 3.00 bits per heavy atom. The molecule has 2 atom stereocenters. The molecule has 6 heteroatoms. The highest BCUT2D eigenvalue weighted by molar-refractivity contribution is 7.99. The van der Waals surface area contributed by atoms with Gasteiger partial charge < -0.3 is 15.5 Å². The molecule has 5 nitrogen and oxygen atoms in total. The van der Waals surface area contributed by atoms with Gasteiger partial charge in [0, 0.05) is 18.7 Å². The summed E-state index contributed by atoms with van der Waals surface area (Å²) in [4.78, 5) is 25.7. The largest absolute Gasteiger partial charge is 0.354 e. The van der Waals surface area contributed by atoms with Crippen LogP contribution in [0.25, 0.3) is 0 Å². The lowest BCUT2D eigenvalue weighted by Gasteiger charge is -2.24. The number of carbonyl (C=O) groups excluding carboxylic acids is 2. The highest BCUT2D eigenvalue weighted by Gasteiger charge is 2.33. The number of carbonyl (C=O) groups is 2. The third-order valence-electron chi connectivity index (χ3n) is 4.06. The standard InChI is InChI=1S/C14H25N3O2S/c1-2-13(18)17-10-20-9-12(17)14(19)16-7-5-11-4-3-6-15-8-11/h11-12,15H,2-10H2,1H3,(H,16,19). The first-order chi connectivity index (χ1) is 9.72. The van der Waals surface area contributed by atoms with Crippen LogP contribution in [0.15, 0.2) is 0 Å². The van der Waals surface area contributed by atoms with E-state index in [4.69, 9.17) is 0 Å².